The first-order chi connectivity index (χ1) is 13.3. The zero-order valence-corrected chi connectivity index (χ0v) is 16.7. The normalized spacial score (nSPS) is 11.3. The van der Waals surface area contributed by atoms with Gasteiger partial charge in [-0.3, -0.25) is 4.79 Å². The number of hydrogen-bond donors (Lipinski definition) is 1. The summed E-state index contributed by atoms with van der Waals surface area (Å²) in [6, 6.07) is 15.2. The van der Waals surface area contributed by atoms with Crippen LogP contribution in [0.1, 0.15) is 54.0 Å². The summed E-state index contributed by atoms with van der Waals surface area (Å²) in [5.74, 6) is 1.42. The Bertz CT molecular complexity index is 957. The smallest absolute Gasteiger partial charge is 0.251 e. The van der Waals surface area contributed by atoms with Gasteiger partial charge in [0.15, 0.2) is 5.82 Å². The molecule has 0 aliphatic heterocycles. The van der Waals surface area contributed by atoms with Crippen molar-refractivity contribution in [2.45, 2.75) is 46.3 Å². The minimum atomic E-state index is -0.224. The number of aromatic nitrogens is 2. The van der Waals surface area contributed by atoms with Gasteiger partial charge in [-0.15, -0.1) is 0 Å². The molecule has 0 bridgehead atoms. The first-order valence-electron chi connectivity index (χ1n) is 9.21. The van der Waals surface area contributed by atoms with Gasteiger partial charge >= 0.3 is 0 Å². The van der Waals surface area contributed by atoms with Gasteiger partial charge in [0, 0.05) is 11.0 Å². The molecule has 1 aromatic heterocycles. The lowest BCUT2D eigenvalue weighted by molar-refractivity contribution is 0.0949. The van der Waals surface area contributed by atoms with E-state index in [-0.39, 0.29) is 17.9 Å². The summed E-state index contributed by atoms with van der Waals surface area (Å²) in [6.45, 7) is 8.67. The molecule has 1 N–H and O–H groups in total. The van der Waals surface area contributed by atoms with Crippen molar-refractivity contribution >= 4 is 5.91 Å². The van der Waals surface area contributed by atoms with Crippen LogP contribution < -0.4 is 10.1 Å². The maximum atomic E-state index is 12.4. The van der Waals surface area contributed by atoms with Gasteiger partial charge in [-0.2, -0.15) is 4.98 Å². The molecule has 2 aromatic carbocycles. The number of hydrogen-bond acceptors (Lipinski definition) is 5. The highest BCUT2D eigenvalue weighted by Crippen LogP contribution is 2.20. The molecule has 3 aromatic rings. The summed E-state index contributed by atoms with van der Waals surface area (Å²) in [5.41, 5.74) is 2.56. The molecule has 0 fully saturated rings. The fourth-order valence-electron chi connectivity index (χ4n) is 2.59. The van der Waals surface area contributed by atoms with Crippen LogP contribution in [0, 0.1) is 6.92 Å². The van der Waals surface area contributed by atoms with Crippen LogP contribution >= 0.6 is 0 Å². The van der Waals surface area contributed by atoms with Crippen LogP contribution in [-0.4, -0.2) is 16.0 Å². The van der Waals surface area contributed by atoms with Crippen molar-refractivity contribution in [3.05, 3.63) is 76.9 Å². The fraction of sp³-hybridized carbons (Fsp3) is 0.318. The summed E-state index contributed by atoms with van der Waals surface area (Å²) in [6.07, 6.45) is 0. The molecule has 6 heteroatoms. The van der Waals surface area contributed by atoms with E-state index in [1.54, 1.807) is 18.2 Å². The molecule has 1 amide bonds. The lowest BCUT2D eigenvalue weighted by Gasteiger charge is -2.10. The Balaban J connectivity index is 1.58. The van der Waals surface area contributed by atoms with Crippen molar-refractivity contribution in [2.75, 3.05) is 0 Å². The predicted molar refractivity (Wildman–Crippen MR) is 106 cm³/mol. The van der Waals surface area contributed by atoms with Crippen molar-refractivity contribution in [1.82, 2.24) is 15.5 Å². The quantitative estimate of drug-likeness (QED) is 0.695. The van der Waals surface area contributed by atoms with Crippen LogP contribution in [0.25, 0.3) is 0 Å². The molecule has 0 aliphatic rings. The molecule has 0 saturated heterocycles. The van der Waals surface area contributed by atoms with Gasteiger partial charge in [0.2, 0.25) is 5.89 Å². The van der Waals surface area contributed by atoms with Crippen molar-refractivity contribution in [3.8, 4) is 5.75 Å². The Hall–Kier alpha value is -3.15. The molecule has 0 atom stereocenters. The number of nitrogens with zero attached hydrogens (tertiary/aromatic N) is 2. The van der Waals surface area contributed by atoms with Crippen molar-refractivity contribution in [2.24, 2.45) is 0 Å². The molecule has 1 heterocycles. The second-order valence-corrected chi connectivity index (χ2v) is 7.75. The van der Waals surface area contributed by atoms with Gasteiger partial charge in [-0.1, -0.05) is 61.8 Å². The molecular formula is C22H25N3O3. The Kier molecular flexibility index (Phi) is 5.78. The van der Waals surface area contributed by atoms with E-state index in [9.17, 15) is 4.79 Å². The lowest BCUT2D eigenvalue weighted by Crippen LogP contribution is -2.23. The summed E-state index contributed by atoms with van der Waals surface area (Å²) < 4.78 is 11.1. The predicted octanol–water partition coefficient (Wildman–Crippen LogP) is 4.18. The standard InChI is InChI=1S/C22H25N3O3/c1-15-7-5-8-16(11-15)14-27-18-10-6-9-17(12-18)20(26)23-13-19-24-21(28-25-19)22(2,3)4/h5-12H,13-14H2,1-4H3,(H,23,26). The number of benzene rings is 2. The Morgan fingerprint density at radius 1 is 1.14 bits per heavy atom. The largest absolute Gasteiger partial charge is 0.489 e. The van der Waals surface area contributed by atoms with Crippen molar-refractivity contribution in [3.63, 3.8) is 0 Å². The third-order valence-electron chi connectivity index (χ3n) is 4.10. The molecule has 146 valence electrons. The summed E-state index contributed by atoms with van der Waals surface area (Å²) >= 11 is 0. The van der Waals surface area contributed by atoms with Crippen molar-refractivity contribution in [1.29, 1.82) is 0 Å². The molecule has 28 heavy (non-hydrogen) atoms. The van der Waals surface area contributed by atoms with Crippen LogP contribution in [-0.2, 0) is 18.6 Å². The van der Waals surface area contributed by atoms with Gasteiger partial charge in [0.25, 0.3) is 5.91 Å². The van der Waals surface area contributed by atoms with E-state index < -0.39 is 0 Å². The molecule has 3 rings (SSSR count). The third-order valence-corrected chi connectivity index (χ3v) is 4.10. The second-order valence-electron chi connectivity index (χ2n) is 7.75. The average molecular weight is 379 g/mol. The monoisotopic (exact) mass is 379 g/mol. The van der Waals surface area contributed by atoms with Gasteiger partial charge < -0.3 is 14.6 Å². The van der Waals surface area contributed by atoms with E-state index in [1.165, 1.54) is 5.56 Å². The van der Waals surface area contributed by atoms with Crippen LogP contribution in [0.3, 0.4) is 0 Å². The minimum absolute atomic E-state index is 0.201. The highest BCUT2D eigenvalue weighted by atomic mass is 16.5. The van der Waals surface area contributed by atoms with E-state index >= 15 is 0 Å². The first-order valence-corrected chi connectivity index (χ1v) is 9.21. The lowest BCUT2D eigenvalue weighted by atomic mass is 9.97. The third kappa shape index (κ3) is 5.19. The van der Waals surface area contributed by atoms with Gasteiger partial charge in [-0.05, 0) is 30.7 Å². The SMILES string of the molecule is Cc1cccc(COc2cccc(C(=O)NCc3noc(C(C)(C)C)n3)c2)c1. The molecule has 0 spiro atoms. The summed E-state index contributed by atoms with van der Waals surface area (Å²) in [5, 5.41) is 6.72. The molecule has 0 aliphatic carbocycles. The number of ether oxygens (including phenoxy) is 1. The topological polar surface area (TPSA) is 77.2 Å². The number of carbonyl (C=O) groups is 1. The van der Waals surface area contributed by atoms with Gasteiger partial charge in [-0.25, -0.2) is 0 Å². The highest BCUT2D eigenvalue weighted by molar-refractivity contribution is 5.94. The zero-order chi connectivity index (χ0) is 20.1. The minimum Gasteiger partial charge on any atom is -0.489 e. The van der Waals surface area contributed by atoms with E-state index in [2.05, 4.69) is 21.5 Å². The maximum absolute atomic E-state index is 12.4. The van der Waals surface area contributed by atoms with E-state index in [0.717, 1.165) is 5.56 Å². The zero-order valence-electron chi connectivity index (χ0n) is 16.7. The number of carbonyl (C=O) groups excluding carboxylic acids is 1. The number of rotatable bonds is 6. The van der Waals surface area contributed by atoms with Crippen LogP contribution in [0.4, 0.5) is 0 Å². The second kappa shape index (κ2) is 8.25. The van der Waals surface area contributed by atoms with E-state index in [4.69, 9.17) is 9.26 Å². The van der Waals surface area contributed by atoms with Crippen molar-refractivity contribution < 1.29 is 14.1 Å². The molecule has 0 unspecified atom stereocenters. The summed E-state index contributed by atoms with van der Waals surface area (Å²) in [7, 11) is 0. The van der Waals surface area contributed by atoms with E-state index in [0.29, 0.717) is 29.6 Å². The number of amides is 1. The Morgan fingerprint density at radius 2 is 1.93 bits per heavy atom. The van der Waals surface area contributed by atoms with Gasteiger partial charge in [0.1, 0.15) is 12.4 Å². The molecule has 6 nitrogen and oxygen atoms in total. The molecule has 0 saturated carbocycles. The van der Waals surface area contributed by atoms with Crippen LogP contribution in [0.15, 0.2) is 53.1 Å². The first kappa shape index (κ1) is 19.6. The average Bonchev–Trinajstić information content (AvgIpc) is 3.14. The van der Waals surface area contributed by atoms with Gasteiger partial charge in [0.05, 0.1) is 6.54 Å². The summed E-state index contributed by atoms with van der Waals surface area (Å²) in [4.78, 5) is 16.8. The maximum Gasteiger partial charge on any atom is 0.251 e. The number of aryl methyl sites for hydroxylation is 1. The molecule has 0 radical (unpaired) electrons. The highest BCUT2D eigenvalue weighted by Gasteiger charge is 2.21. The van der Waals surface area contributed by atoms with Crippen LogP contribution in [0.5, 0.6) is 5.75 Å². The number of nitrogens with one attached hydrogen (secondary N) is 1. The van der Waals surface area contributed by atoms with Crippen LogP contribution in [0.2, 0.25) is 0 Å². The fourth-order valence-corrected chi connectivity index (χ4v) is 2.59. The van der Waals surface area contributed by atoms with E-state index in [1.807, 2.05) is 52.0 Å². The molecular weight excluding hydrogens is 354 g/mol. The Labute approximate surface area is 164 Å². The Morgan fingerprint density at radius 3 is 2.64 bits per heavy atom.